The SMILES string of the molecule is CC(CC(=O)O)n1nnnc1-c1cncc(Br)c1. The van der Waals surface area contributed by atoms with Crippen molar-refractivity contribution >= 4 is 21.9 Å². The third-order valence-corrected chi connectivity index (χ3v) is 2.78. The number of hydrogen-bond acceptors (Lipinski definition) is 5. The van der Waals surface area contributed by atoms with Crippen molar-refractivity contribution in [3.05, 3.63) is 22.9 Å². The van der Waals surface area contributed by atoms with Crippen LogP contribution in [0.25, 0.3) is 11.4 Å². The van der Waals surface area contributed by atoms with Gasteiger partial charge in [-0.2, -0.15) is 0 Å². The highest BCUT2D eigenvalue weighted by Gasteiger charge is 2.17. The van der Waals surface area contributed by atoms with E-state index < -0.39 is 5.97 Å². The van der Waals surface area contributed by atoms with Crippen molar-refractivity contribution < 1.29 is 9.90 Å². The van der Waals surface area contributed by atoms with Crippen LogP contribution in [0.5, 0.6) is 0 Å². The van der Waals surface area contributed by atoms with E-state index in [0.29, 0.717) is 5.82 Å². The van der Waals surface area contributed by atoms with Gasteiger partial charge in [-0.3, -0.25) is 9.78 Å². The minimum atomic E-state index is -0.892. The molecule has 1 atom stereocenters. The lowest BCUT2D eigenvalue weighted by Gasteiger charge is -2.10. The van der Waals surface area contributed by atoms with E-state index in [9.17, 15) is 4.79 Å². The molecule has 0 saturated carbocycles. The monoisotopic (exact) mass is 311 g/mol. The lowest BCUT2D eigenvalue weighted by Crippen LogP contribution is -2.13. The van der Waals surface area contributed by atoms with Crippen LogP contribution >= 0.6 is 15.9 Å². The maximum atomic E-state index is 10.7. The van der Waals surface area contributed by atoms with Crippen molar-refractivity contribution in [1.82, 2.24) is 25.2 Å². The summed E-state index contributed by atoms with van der Waals surface area (Å²) >= 11 is 3.32. The van der Waals surface area contributed by atoms with E-state index in [2.05, 4.69) is 36.4 Å². The Hall–Kier alpha value is -1.83. The second-order valence-electron chi connectivity index (χ2n) is 3.79. The predicted octanol–water partition coefficient (Wildman–Crippen LogP) is 1.53. The zero-order valence-electron chi connectivity index (χ0n) is 9.49. The molecule has 1 N–H and O–H groups in total. The number of pyridine rings is 1. The van der Waals surface area contributed by atoms with Gasteiger partial charge < -0.3 is 5.11 Å². The standard InChI is InChI=1S/C10H10BrN5O2/c1-6(2-9(17)18)16-10(13-14-15-16)7-3-8(11)5-12-4-7/h3-6H,2H2,1H3,(H,17,18). The number of tetrazole rings is 1. The Labute approximate surface area is 111 Å². The van der Waals surface area contributed by atoms with Gasteiger partial charge in [-0.1, -0.05) is 0 Å². The third-order valence-electron chi connectivity index (χ3n) is 2.34. The highest BCUT2D eigenvalue weighted by Crippen LogP contribution is 2.22. The topological polar surface area (TPSA) is 93.8 Å². The van der Waals surface area contributed by atoms with Crippen molar-refractivity contribution in [3.63, 3.8) is 0 Å². The fourth-order valence-electron chi connectivity index (χ4n) is 1.55. The first-order valence-corrected chi connectivity index (χ1v) is 5.98. The van der Waals surface area contributed by atoms with E-state index in [1.807, 2.05) is 6.07 Å². The maximum Gasteiger partial charge on any atom is 0.305 e. The molecule has 2 aromatic rings. The first-order chi connectivity index (χ1) is 8.58. The smallest absolute Gasteiger partial charge is 0.305 e. The van der Waals surface area contributed by atoms with E-state index in [0.717, 1.165) is 10.0 Å². The summed E-state index contributed by atoms with van der Waals surface area (Å²) in [6.07, 6.45) is 3.23. The zero-order chi connectivity index (χ0) is 13.1. The first kappa shape index (κ1) is 12.6. The van der Waals surface area contributed by atoms with Gasteiger partial charge in [0.05, 0.1) is 12.5 Å². The van der Waals surface area contributed by atoms with Gasteiger partial charge in [-0.25, -0.2) is 4.68 Å². The molecule has 0 bridgehead atoms. The number of carbonyl (C=O) groups is 1. The van der Waals surface area contributed by atoms with Crippen LogP contribution in [0, 0.1) is 0 Å². The molecule has 0 aromatic carbocycles. The largest absolute Gasteiger partial charge is 0.481 e. The molecule has 0 amide bonds. The van der Waals surface area contributed by atoms with Crippen LogP contribution in [0.2, 0.25) is 0 Å². The third kappa shape index (κ3) is 2.70. The minimum Gasteiger partial charge on any atom is -0.481 e. The van der Waals surface area contributed by atoms with Gasteiger partial charge in [0.25, 0.3) is 0 Å². The van der Waals surface area contributed by atoms with Gasteiger partial charge in [-0.05, 0) is 39.3 Å². The van der Waals surface area contributed by atoms with Crippen molar-refractivity contribution in [2.45, 2.75) is 19.4 Å². The Balaban J connectivity index is 2.35. The Kier molecular flexibility index (Phi) is 3.66. The van der Waals surface area contributed by atoms with Gasteiger partial charge in [0.2, 0.25) is 0 Å². The summed E-state index contributed by atoms with van der Waals surface area (Å²) in [5, 5.41) is 20.1. The summed E-state index contributed by atoms with van der Waals surface area (Å²) in [4.78, 5) is 14.7. The van der Waals surface area contributed by atoms with Gasteiger partial charge in [0.15, 0.2) is 5.82 Å². The molecule has 8 heteroatoms. The fourth-order valence-corrected chi connectivity index (χ4v) is 1.92. The van der Waals surface area contributed by atoms with Crippen LogP contribution in [0.1, 0.15) is 19.4 Å². The van der Waals surface area contributed by atoms with Crippen LogP contribution < -0.4 is 0 Å². The molecule has 2 aromatic heterocycles. The molecule has 18 heavy (non-hydrogen) atoms. The number of aromatic nitrogens is 5. The van der Waals surface area contributed by atoms with E-state index in [1.165, 1.54) is 4.68 Å². The molecule has 2 rings (SSSR count). The fraction of sp³-hybridized carbons (Fsp3) is 0.300. The summed E-state index contributed by atoms with van der Waals surface area (Å²) in [7, 11) is 0. The van der Waals surface area contributed by atoms with Crippen molar-refractivity contribution in [3.8, 4) is 11.4 Å². The van der Waals surface area contributed by atoms with Crippen LogP contribution in [0.15, 0.2) is 22.9 Å². The average Bonchev–Trinajstić information content (AvgIpc) is 2.76. The molecule has 0 aliphatic rings. The molecule has 0 aliphatic carbocycles. The number of aliphatic carboxylic acids is 1. The van der Waals surface area contributed by atoms with E-state index in [1.54, 1.807) is 19.3 Å². The molecule has 0 aliphatic heterocycles. The molecular formula is C10H10BrN5O2. The van der Waals surface area contributed by atoms with Gasteiger partial charge in [0.1, 0.15) is 0 Å². The van der Waals surface area contributed by atoms with Crippen LogP contribution in [0.4, 0.5) is 0 Å². The normalized spacial score (nSPS) is 12.3. The van der Waals surface area contributed by atoms with E-state index >= 15 is 0 Å². The maximum absolute atomic E-state index is 10.7. The summed E-state index contributed by atoms with van der Waals surface area (Å²) in [5.41, 5.74) is 0.728. The van der Waals surface area contributed by atoms with Crippen LogP contribution in [0.3, 0.4) is 0 Å². The van der Waals surface area contributed by atoms with Gasteiger partial charge in [-0.15, -0.1) is 5.10 Å². The quantitative estimate of drug-likeness (QED) is 0.920. The second-order valence-corrected chi connectivity index (χ2v) is 4.70. The Morgan fingerprint density at radius 2 is 2.33 bits per heavy atom. The molecule has 94 valence electrons. The Bertz CT molecular complexity index is 571. The van der Waals surface area contributed by atoms with Gasteiger partial charge in [0, 0.05) is 22.4 Å². The number of rotatable bonds is 4. The lowest BCUT2D eigenvalue weighted by atomic mass is 10.2. The molecule has 0 spiro atoms. The number of hydrogen-bond donors (Lipinski definition) is 1. The summed E-state index contributed by atoms with van der Waals surface area (Å²) < 4.78 is 2.29. The highest BCUT2D eigenvalue weighted by molar-refractivity contribution is 9.10. The highest BCUT2D eigenvalue weighted by atomic mass is 79.9. The van der Waals surface area contributed by atoms with Crippen LogP contribution in [-0.2, 0) is 4.79 Å². The number of nitrogens with zero attached hydrogens (tertiary/aromatic N) is 5. The van der Waals surface area contributed by atoms with E-state index in [-0.39, 0.29) is 12.5 Å². The van der Waals surface area contributed by atoms with Crippen molar-refractivity contribution in [1.29, 1.82) is 0 Å². The van der Waals surface area contributed by atoms with Crippen molar-refractivity contribution in [2.24, 2.45) is 0 Å². The summed E-state index contributed by atoms with van der Waals surface area (Å²) in [6, 6.07) is 1.49. The molecule has 2 heterocycles. The number of carboxylic acid groups (broad SMARTS) is 1. The first-order valence-electron chi connectivity index (χ1n) is 5.18. The molecular weight excluding hydrogens is 302 g/mol. The number of halogens is 1. The van der Waals surface area contributed by atoms with Gasteiger partial charge >= 0.3 is 5.97 Å². The average molecular weight is 312 g/mol. The summed E-state index contributed by atoms with van der Waals surface area (Å²) in [5.74, 6) is -0.395. The summed E-state index contributed by atoms with van der Waals surface area (Å²) in [6.45, 7) is 1.75. The minimum absolute atomic E-state index is 0.0422. The Morgan fingerprint density at radius 3 is 3.00 bits per heavy atom. The molecule has 7 nitrogen and oxygen atoms in total. The van der Waals surface area contributed by atoms with E-state index in [4.69, 9.17) is 5.11 Å². The molecule has 0 fully saturated rings. The number of carboxylic acids is 1. The molecule has 0 radical (unpaired) electrons. The molecule has 0 saturated heterocycles. The predicted molar refractivity (Wildman–Crippen MR) is 65.7 cm³/mol. The van der Waals surface area contributed by atoms with Crippen LogP contribution in [-0.4, -0.2) is 36.3 Å². The second kappa shape index (κ2) is 5.21. The Morgan fingerprint density at radius 1 is 1.56 bits per heavy atom. The molecule has 1 unspecified atom stereocenters. The lowest BCUT2D eigenvalue weighted by molar-refractivity contribution is -0.137. The van der Waals surface area contributed by atoms with Crippen molar-refractivity contribution in [2.75, 3.05) is 0 Å². The zero-order valence-corrected chi connectivity index (χ0v) is 11.1.